The number of anilines is 1. The summed E-state index contributed by atoms with van der Waals surface area (Å²) in [5.74, 6) is 0.453. The van der Waals surface area contributed by atoms with E-state index < -0.39 is 10.0 Å². The van der Waals surface area contributed by atoms with Gasteiger partial charge in [0.15, 0.2) is 0 Å². The molecule has 0 unspecified atom stereocenters. The van der Waals surface area contributed by atoms with Crippen molar-refractivity contribution in [1.29, 1.82) is 0 Å². The van der Waals surface area contributed by atoms with Crippen LogP contribution in [-0.4, -0.2) is 30.8 Å². The van der Waals surface area contributed by atoms with Crippen molar-refractivity contribution in [1.82, 2.24) is 9.29 Å². The molecule has 0 aliphatic carbocycles. The standard InChI is InChI=1S/C17H19Cl2N3O2S/c18-15-9-14(10-16(19)17(15)20)25(23,24)22-6-3-12(4-7-22)8-13-2-1-5-21-11-13/h1-2,5,9-12H,3-4,6-8,20H2. The summed E-state index contributed by atoms with van der Waals surface area (Å²) in [6.45, 7) is 0.958. The quantitative estimate of drug-likeness (QED) is 0.796. The Morgan fingerprint density at radius 3 is 2.40 bits per heavy atom. The topological polar surface area (TPSA) is 76.3 Å². The van der Waals surface area contributed by atoms with Crippen LogP contribution in [0.5, 0.6) is 0 Å². The Hall–Kier alpha value is -1.34. The molecule has 2 aromatic rings. The summed E-state index contributed by atoms with van der Waals surface area (Å²) < 4.78 is 27.1. The Bertz CT molecular complexity index is 828. The summed E-state index contributed by atoms with van der Waals surface area (Å²) in [7, 11) is -3.62. The third-order valence-electron chi connectivity index (χ3n) is 4.51. The number of benzene rings is 1. The van der Waals surface area contributed by atoms with Crippen molar-refractivity contribution in [2.24, 2.45) is 5.92 Å². The molecule has 0 spiro atoms. The lowest BCUT2D eigenvalue weighted by molar-refractivity contribution is 0.272. The van der Waals surface area contributed by atoms with E-state index in [9.17, 15) is 8.42 Å². The number of halogens is 2. The molecular formula is C17H19Cl2N3O2S. The van der Waals surface area contributed by atoms with Crippen molar-refractivity contribution in [3.8, 4) is 0 Å². The molecule has 1 saturated heterocycles. The molecule has 25 heavy (non-hydrogen) atoms. The Kier molecular flexibility index (Phi) is 5.53. The number of aromatic nitrogens is 1. The third kappa shape index (κ3) is 4.08. The maximum absolute atomic E-state index is 12.8. The van der Waals surface area contributed by atoms with E-state index in [0.29, 0.717) is 19.0 Å². The average molecular weight is 400 g/mol. The Labute approximate surface area is 157 Å². The Morgan fingerprint density at radius 2 is 1.84 bits per heavy atom. The van der Waals surface area contributed by atoms with Crippen LogP contribution in [0.25, 0.3) is 0 Å². The van der Waals surface area contributed by atoms with E-state index in [-0.39, 0.29) is 20.6 Å². The molecule has 1 aliphatic heterocycles. The molecule has 0 radical (unpaired) electrons. The van der Waals surface area contributed by atoms with E-state index in [1.54, 1.807) is 6.20 Å². The summed E-state index contributed by atoms with van der Waals surface area (Å²) in [5.41, 5.74) is 7.06. The van der Waals surface area contributed by atoms with Gasteiger partial charge in [0.25, 0.3) is 0 Å². The van der Waals surface area contributed by atoms with Crippen LogP contribution < -0.4 is 5.73 Å². The fourth-order valence-corrected chi connectivity index (χ4v) is 5.20. The lowest BCUT2D eigenvalue weighted by Crippen LogP contribution is -2.38. The largest absolute Gasteiger partial charge is 0.396 e. The van der Waals surface area contributed by atoms with Gasteiger partial charge < -0.3 is 5.73 Å². The second-order valence-electron chi connectivity index (χ2n) is 6.21. The number of nitrogens with zero attached hydrogens (tertiary/aromatic N) is 2. The van der Waals surface area contributed by atoms with Gasteiger partial charge in [-0.25, -0.2) is 8.42 Å². The van der Waals surface area contributed by atoms with Crippen molar-refractivity contribution in [3.05, 3.63) is 52.3 Å². The number of hydrogen-bond acceptors (Lipinski definition) is 4. The highest BCUT2D eigenvalue weighted by molar-refractivity contribution is 7.89. The van der Waals surface area contributed by atoms with E-state index in [2.05, 4.69) is 11.1 Å². The first-order chi connectivity index (χ1) is 11.9. The number of sulfonamides is 1. The highest BCUT2D eigenvalue weighted by Crippen LogP contribution is 2.33. The van der Waals surface area contributed by atoms with Crippen molar-refractivity contribution >= 4 is 38.9 Å². The normalized spacial score (nSPS) is 16.9. The predicted molar refractivity (Wildman–Crippen MR) is 100 cm³/mol. The first-order valence-corrected chi connectivity index (χ1v) is 10.2. The van der Waals surface area contributed by atoms with Gasteiger partial charge in [-0.3, -0.25) is 4.98 Å². The van der Waals surface area contributed by atoms with Gasteiger partial charge in [0.05, 0.1) is 20.6 Å². The fourth-order valence-electron chi connectivity index (χ4n) is 3.07. The minimum absolute atomic E-state index is 0.0856. The van der Waals surface area contributed by atoms with Gasteiger partial charge >= 0.3 is 0 Å². The molecule has 2 heterocycles. The van der Waals surface area contributed by atoms with E-state index in [1.165, 1.54) is 22.0 Å². The highest BCUT2D eigenvalue weighted by Gasteiger charge is 2.30. The van der Waals surface area contributed by atoms with Gasteiger partial charge in [0.2, 0.25) is 10.0 Å². The fraction of sp³-hybridized carbons (Fsp3) is 0.353. The molecule has 1 aromatic heterocycles. The first kappa shape index (κ1) is 18.5. The lowest BCUT2D eigenvalue weighted by atomic mass is 9.92. The van der Waals surface area contributed by atoms with Crippen molar-refractivity contribution in [2.75, 3.05) is 18.8 Å². The molecule has 0 amide bonds. The molecule has 0 saturated carbocycles. The van der Waals surface area contributed by atoms with Crippen molar-refractivity contribution < 1.29 is 8.42 Å². The van der Waals surface area contributed by atoms with Gasteiger partial charge in [-0.15, -0.1) is 0 Å². The summed E-state index contributed by atoms with van der Waals surface area (Å²) in [4.78, 5) is 4.21. The van der Waals surface area contributed by atoms with Crippen molar-refractivity contribution in [2.45, 2.75) is 24.2 Å². The second kappa shape index (κ2) is 7.50. The zero-order valence-corrected chi connectivity index (χ0v) is 15.9. The molecule has 1 aliphatic rings. The van der Waals surface area contributed by atoms with Crippen LogP contribution in [0.1, 0.15) is 18.4 Å². The molecule has 3 rings (SSSR count). The Balaban J connectivity index is 1.69. The second-order valence-corrected chi connectivity index (χ2v) is 8.97. The van der Waals surface area contributed by atoms with E-state index in [0.717, 1.165) is 19.3 Å². The van der Waals surface area contributed by atoms with Gasteiger partial charge in [0, 0.05) is 25.5 Å². The molecule has 1 aromatic carbocycles. The van der Waals surface area contributed by atoms with Crippen LogP contribution >= 0.6 is 23.2 Å². The van der Waals surface area contributed by atoms with Crippen LogP contribution in [0.15, 0.2) is 41.6 Å². The molecule has 1 fully saturated rings. The number of pyridine rings is 1. The molecule has 5 nitrogen and oxygen atoms in total. The van der Waals surface area contributed by atoms with E-state index in [1.807, 2.05) is 12.3 Å². The van der Waals surface area contributed by atoms with Gasteiger partial charge in [0.1, 0.15) is 0 Å². The predicted octanol–water partition coefficient (Wildman–Crippen LogP) is 3.61. The van der Waals surface area contributed by atoms with E-state index in [4.69, 9.17) is 28.9 Å². The van der Waals surface area contributed by atoms with Crippen LogP contribution in [0.4, 0.5) is 5.69 Å². The third-order valence-corrected chi connectivity index (χ3v) is 7.01. The van der Waals surface area contributed by atoms with Crippen LogP contribution in [-0.2, 0) is 16.4 Å². The number of hydrogen-bond donors (Lipinski definition) is 1. The molecule has 0 bridgehead atoms. The highest BCUT2D eigenvalue weighted by atomic mass is 35.5. The maximum Gasteiger partial charge on any atom is 0.243 e. The molecule has 8 heteroatoms. The SMILES string of the molecule is Nc1c(Cl)cc(S(=O)(=O)N2CCC(Cc3cccnc3)CC2)cc1Cl. The average Bonchev–Trinajstić information content (AvgIpc) is 2.60. The number of nitrogen functional groups attached to an aromatic ring is 1. The summed E-state index contributed by atoms with van der Waals surface area (Å²) in [5, 5.41) is 0.301. The monoisotopic (exact) mass is 399 g/mol. The molecule has 134 valence electrons. The number of piperidine rings is 1. The maximum atomic E-state index is 12.8. The smallest absolute Gasteiger partial charge is 0.243 e. The number of rotatable bonds is 4. The Morgan fingerprint density at radius 1 is 1.20 bits per heavy atom. The van der Waals surface area contributed by atoms with Gasteiger partial charge in [-0.05, 0) is 48.9 Å². The van der Waals surface area contributed by atoms with Crippen LogP contribution in [0.2, 0.25) is 10.0 Å². The van der Waals surface area contributed by atoms with Crippen LogP contribution in [0, 0.1) is 5.92 Å². The molecule has 2 N–H and O–H groups in total. The molecule has 0 atom stereocenters. The minimum atomic E-state index is -3.62. The van der Waals surface area contributed by atoms with E-state index >= 15 is 0 Å². The summed E-state index contributed by atoms with van der Waals surface area (Å²) in [6.07, 6.45) is 6.15. The van der Waals surface area contributed by atoms with Gasteiger partial charge in [-0.1, -0.05) is 29.3 Å². The summed E-state index contributed by atoms with van der Waals surface area (Å²) >= 11 is 12.0. The minimum Gasteiger partial charge on any atom is -0.396 e. The zero-order chi connectivity index (χ0) is 18.0. The number of nitrogens with two attached hydrogens (primary N) is 1. The van der Waals surface area contributed by atoms with Gasteiger partial charge in [-0.2, -0.15) is 4.31 Å². The molecular weight excluding hydrogens is 381 g/mol. The van der Waals surface area contributed by atoms with Crippen LogP contribution in [0.3, 0.4) is 0 Å². The lowest BCUT2D eigenvalue weighted by Gasteiger charge is -2.31. The first-order valence-electron chi connectivity index (χ1n) is 8.01. The van der Waals surface area contributed by atoms with Crippen molar-refractivity contribution in [3.63, 3.8) is 0 Å². The zero-order valence-electron chi connectivity index (χ0n) is 13.5. The summed E-state index contributed by atoms with van der Waals surface area (Å²) in [6, 6.07) is 6.69.